The molecule has 0 bridgehead atoms. The van der Waals surface area contributed by atoms with Gasteiger partial charge in [-0.1, -0.05) is 13.3 Å². The van der Waals surface area contributed by atoms with Crippen LogP contribution in [-0.2, 0) is 6.42 Å². The Kier molecular flexibility index (Phi) is 4.86. The molecule has 0 unspecified atom stereocenters. The van der Waals surface area contributed by atoms with Gasteiger partial charge in [-0.2, -0.15) is 0 Å². The van der Waals surface area contributed by atoms with Gasteiger partial charge in [0.25, 0.3) is 0 Å². The molecule has 2 N–H and O–H groups in total. The van der Waals surface area contributed by atoms with Crippen LogP contribution in [0.15, 0.2) is 30.6 Å². The second-order valence-corrected chi connectivity index (χ2v) is 6.34. The van der Waals surface area contributed by atoms with Gasteiger partial charge in [-0.3, -0.25) is 4.98 Å². The van der Waals surface area contributed by atoms with Crippen LogP contribution < -0.4 is 5.32 Å². The molecule has 0 aliphatic heterocycles. The molecule has 0 radical (unpaired) electrons. The number of hydrogen-bond acceptors (Lipinski definition) is 5. The first-order chi connectivity index (χ1) is 11.2. The monoisotopic (exact) mass is 312 g/mol. The molecule has 1 aliphatic carbocycles. The minimum absolute atomic E-state index is 0.239. The molecule has 0 spiro atoms. The summed E-state index contributed by atoms with van der Waals surface area (Å²) in [4.78, 5) is 13.3. The summed E-state index contributed by atoms with van der Waals surface area (Å²) in [7, 11) is 0. The second kappa shape index (κ2) is 7.04. The average Bonchev–Trinajstić information content (AvgIpc) is 2.57. The van der Waals surface area contributed by atoms with Crippen molar-refractivity contribution in [3.8, 4) is 11.4 Å². The molecule has 1 fully saturated rings. The standard InChI is InChI=1S/C18H24N4O/c1-2-15-12-16(20-13-18(8-11-23)6-3-7-18)22-17(21-15)14-4-9-19-10-5-14/h4-5,9-10,12,23H,2-3,6-8,11,13H2,1H3,(H,20,21,22). The lowest BCUT2D eigenvalue weighted by molar-refractivity contribution is 0.102. The zero-order valence-corrected chi connectivity index (χ0v) is 13.6. The van der Waals surface area contributed by atoms with Gasteiger partial charge >= 0.3 is 0 Å². The van der Waals surface area contributed by atoms with Crippen molar-refractivity contribution in [1.82, 2.24) is 15.0 Å². The largest absolute Gasteiger partial charge is 0.396 e. The molecular weight excluding hydrogens is 288 g/mol. The molecule has 0 aromatic carbocycles. The number of aryl methyl sites for hydroxylation is 1. The number of anilines is 1. The molecule has 1 saturated carbocycles. The summed E-state index contributed by atoms with van der Waals surface area (Å²) in [6.07, 6.45) is 8.88. The summed E-state index contributed by atoms with van der Waals surface area (Å²) >= 11 is 0. The summed E-state index contributed by atoms with van der Waals surface area (Å²) < 4.78 is 0. The maximum Gasteiger partial charge on any atom is 0.161 e. The lowest BCUT2D eigenvalue weighted by Crippen LogP contribution is -2.37. The van der Waals surface area contributed by atoms with E-state index in [1.165, 1.54) is 19.3 Å². The normalized spacial score (nSPS) is 15.9. The first kappa shape index (κ1) is 15.9. The smallest absolute Gasteiger partial charge is 0.161 e. The molecule has 3 rings (SSSR count). The van der Waals surface area contributed by atoms with Gasteiger partial charge in [-0.05, 0) is 43.2 Å². The van der Waals surface area contributed by atoms with Gasteiger partial charge in [0.1, 0.15) is 5.82 Å². The van der Waals surface area contributed by atoms with Crippen molar-refractivity contribution in [3.63, 3.8) is 0 Å². The summed E-state index contributed by atoms with van der Waals surface area (Å²) in [5, 5.41) is 12.8. The van der Waals surface area contributed by atoms with E-state index in [1.807, 2.05) is 18.2 Å². The van der Waals surface area contributed by atoms with Gasteiger partial charge in [0.05, 0.1) is 0 Å². The highest BCUT2D eigenvalue weighted by Gasteiger charge is 2.36. The maximum absolute atomic E-state index is 9.28. The van der Waals surface area contributed by atoms with Gasteiger partial charge < -0.3 is 10.4 Å². The minimum atomic E-state index is 0.239. The third-order valence-corrected chi connectivity index (χ3v) is 4.78. The summed E-state index contributed by atoms with van der Waals surface area (Å²) in [6, 6.07) is 5.88. The summed E-state index contributed by atoms with van der Waals surface area (Å²) in [5.74, 6) is 1.60. The minimum Gasteiger partial charge on any atom is -0.396 e. The van der Waals surface area contributed by atoms with Crippen molar-refractivity contribution in [2.45, 2.75) is 39.0 Å². The van der Waals surface area contributed by atoms with Crippen molar-refractivity contribution in [2.75, 3.05) is 18.5 Å². The van der Waals surface area contributed by atoms with E-state index in [0.717, 1.165) is 42.3 Å². The third-order valence-electron chi connectivity index (χ3n) is 4.78. The number of aromatic nitrogens is 3. The lowest BCUT2D eigenvalue weighted by atomic mass is 9.67. The van der Waals surface area contributed by atoms with Crippen molar-refractivity contribution < 1.29 is 5.11 Å². The Morgan fingerprint density at radius 2 is 2.00 bits per heavy atom. The van der Waals surface area contributed by atoms with Crippen LogP contribution >= 0.6 is 0 Å². The number of aliphatic hydroxyl groups excluding tert-OH is 1. The average molecular weight is 312 g/mol. The van der Waals surface area contributed by atoms with Gasteiger partial charge in [0.2, 0.25) is 0 Å². The van der Waals surface area contributed by atoms with Crippen LogP contribution in [0.2, 0.25) is 0 Å². The highest BCUT2D eigenvalue weighted by Crippen LogP contribution is 2.43. The Hall–Kier alpha value is -2.01. The molecule has 5 nitrogen and oxygen atoms in total. The molecule has 0 saturated heterocycles. The van der Waals surface area contributed by atoms with Gasteiger partial charge in [-0.25, -0.2) is 9.97 Å². The van der Waals surface area contributed by atoms with E-state index in [9.17, 15) is 5.11 Å². The predicted molar refractivity (Wildman–Crippen MR) is 91.1 cm³/mol. The highest BCUT2D eigenvalue weighted by atomic mass is 16.3. The van der Waals surface area contributed by atoms with Crippen molar-refractivity contribution in [1.29, 1.82) is 0 Å². The highest BCUT2D eigenvalue weighted by molar-refractivity contribution is 5.56. The SMILES string of the molecule is CCc1cc(NCC2(CCO)CCC2)nc(-c2ccncc2)n1. The molecule has 0 amide bonds. The van der Waals surface area contributed by atoms with Gasteiger partial charge in [-0.15, -0.1) is 0 Å². The number of pyridine rings is 1. The van der Waals surface area contributed by atoms with E-state index < -0.39 is 0 Å². The van der Waals surface area contributed by atoms with E-state index in [4.69, 9.17) is 0 Å². The fourth-order valence-electron chi connectivity index (χ4n) is 3.11. The van der Waals surface area contributed by atoms with Crippen LogP contribution in [0.3, 0.4) is 0 Å². The van der Waals surface area contributed by atoms with Crippen molar-refractivity contribution in [2.24, 2.45) is 5.41 Å². The number of hydrogen-bond donors (Lipinski definition) is 2. The Balaban J connectivity index is 1.79. The quantitative estimate of drug-likeness (QED) is 0.822. The predicted octanol–water partition coefficient (Wildman–Crippen LogP) is 3.07. The van der Waals surface area contributed by atoms with Crippen molar-refractivity contribution >= 4 is 5.82 Å². The van der Waals surface area contributed by atoms with Crippen LogP contribution in [0.1, 0.15) is 38.3 Å². The number of aliphatic hydroxyl groups is 1. The number of rotatable bonds is 7. The number of nitrogens with zero attached hydrogens (tertiary/aromatic N) is 3. The molecular formula is C18H24N4O. The van der Waals surface area contributed by atoms with E-state index in [-0.39, 0.29) is 12.0 Å². The molecule has 0 atom stereocenters. The van der Waals surface area contributed by atoms with E-state index in [1.54, 1.807) is 12.4 Å². The first-order valence-corrected chi connectivity index (χ1v) is 8.38. The Morgan fingerprint density at radius 3 is 2.61 bits per heavy atom. The molecule has 23 heavy (non-hydrogen) atoms. The summed E-state index contributed by atoms with van der Waals surface area (Å²) in [5.41, 5.74) is 2.24. The fourth-order valence-corrected chi connectivity index (χ4v) is 3.11. The van der Waals surface area contributed by atoms with Crippen LogP contribution in [0.4, 0.5) is 5.82 Å². The van der Waals surface area contributed by atoms with E-state index in [2.05, 4.69) is 27.2 Å². The van der Waals surface area contributed by atoms with Crippen LogP contribution in [-0.4, -0.2) is 33.2 Å². The van der Waals surface area contributed by atoms with Crippen LogP contribution in [0.5, 0.6) is 0 Å². The Bertz CT molecular complexity index is 641. The molecule has 2 heterocycles. The fraction of sp³-hybridized carbons (Fsp3) is 0.500. The van der Waals surface area contributed by atoms with E-state index >= 15 is 0 Å². The third kappa shape index (κ3) is 3.67. The second-order valence-electron chi connectivity index (χ2n) is 6.34. The van der Waals surface area contributed by atoms with Crippen LogP contribution in [0.25, 0.3) is 11.4 Å². The van der Waals surface area contributed by atoms with Crippen LogP contribution in [0, 0.1) is 5.41 Å². The molecule has 2 aromatic rings. The lowest BCUT2D eigenvalue weighted by Gasteiger charge is -2.42. The Labute approximate surface area is 137 Å². The summed E-state index contributed by atoms with van der Waals surface area (Å²) in [6.45, 7) is 3.22. The van der Waals surface area contributed by atoms with Gasteiger partial charge in [0, 0.05) is 42.9 Å². The Morgan fingerprint density at radius 1 is 1.22 bits per heavy atom. The molecule has 122 valence electrons. The van der Waals surface area contributed by atoms with E-state index in [0.29, 0.717) is 0 Å². The van der Waals surface area contributed by atoms with Gasteiger partial charge in [0.15, 0.2) is 5.82 Å². The topological polar surface area (TPSA) is 70.9 Å². The zero-order chi connectivity index (χ0) is 16.1. The molecule has 1 aliphatic rings. The first-order valence-electron chi connectivity index (χ1n) is 8.38. The maximum atomic E-state index is 9.28. The molecule has 2 aromatic heterocycles. The number of nitrogens with one attached hydrogen (secondary N) is 1. The zero-order valence-electron chi connectivity index (χ0n) is 13.6. The molecule has 5 heteroatoms. The van der Waals surface area contributed by atoms with Crippen molar-refractivity contribution in [3.05, 3.63) is 36.3 Å².